The van der Waals surface area contributed by atoms with Crippen LogP contribution in [0.15, 0.2) is 11.5 Å². The maximum absolute atomic E-state index is 12.1. The van der Waals surface area contributed by atoms with Crippen molar-refractivity contribution in [1.29, 1.82) is 0 Å². The van der Waals surface area contributed by atoms with Gasteiger partial charge in [0.15, 0.2) is 5.16 Å². The molecular weight excluding hydrogens is 264 g/mol. The molecule has 106 valence electrons. The summed E-state index contributed by atoms with van der Waals surface area (Å²) in [6, 6.07) is 0.278. The van der Waals surface area contributed by atoms with Crippen LogP contribution in [0.2, 0.25) is 0 Å². The van der Waals surface area contributed by atoms with E-state index in [9.17, 15) is 9.90 Å². The molecule has 1 atom stereocenters. The summed E-state index contributed by atoms with van der Waals surface area (Å²) < 4.78 is 1.95. The van der Waals surface area contributed by atoms with Crippen molar-refractivity contribution >= 4 is 17.7 Å². The standard InChI is InChI=1S/C12H20N4O2S/c1-9(2)16-8-13-14-12(16)19-7-11(18)15-5-3-4-10(15)6-17/h8-10,17H,3-7H2,1-2H3. The molecule has 1 amide bonds. The lowest BCUT2D eigenvalue weighted by Gasteiger charge is -2.22. The number of hydrogen-bond acceptors (Lipinski definition) is 5. The molecule has 1 unspecified atom stereocenters. The molecular formula is C12H20N4O2S. The third kappa shape index (κ3) is 3.27. The number of likely N-dealkylation sites (tertiary alicyclic amines) is 1. The summed E-state index contributed by atoms with van der Waals surface area (Å²) in [5.41, 5.74) is 0. The summed E-state index contributed by atoms with van der Waals surface area (Å²) in [5, 5.41) is 17.9. The zero-order valence-electron chi connectivity index (χ0n) is 11.3. The van der Waals surface area contributed by atoms with Gasteiger partial charge in [0.2, 0.25) is 5.91 Å². The maximum Gasteiger partial charge on any atom is 0.233 e. The van der Waals surface area contributed by atoms with Gasteiger partial charge in [-0.25, -0.2) is 0 Å². The molecule has 0 spiro atoms. The normalized spacial score (nSPS) is 19.4. The Morgan fingerprint density at radius 2 is 2.42 bits per heavy atom. The number of aliphatic hydroxyl groups is 1. The minimum absolute atomic E-state index is 0.00364. The van der Waals surface area contributed by atoms with Crippen LogP contribution in [-0.2, 0) is 4.79 Å². The first-order valence-corrected chi connectivity index (χ1v) is 7.54. The second-order valence-electron chi connectivity index (χ2n) is 4.97. The molecule has 1 aliphatic heterocycles. The number of thioether (sulfide) groups is 1. The van der Waals surface area contributed by atoms with Gasteiger partial charge in [-0.05, 0) is 26.7 Å². The van der Waals surface area contributed by atoms with Crippen LogP contribution < -0.4 is 0 Å². The van der Waals surface area contributed by atoms with Crippen molar-refractivity contribution in [3.63, 3.8) is 0 Å². The highest BCUT2D eigenvalue weighted by atomic mass is 32.2. The van der Waals surface area contributed by atoms with Gasteiger partial charge in [-0.15, -0.1) is 10.2 Å². The topological polar surface area (TPSA) is 71.2 Å². The van der Waals surface area contributed by atoms with Crippen LogP contribution in [0, 0.1) is 0 Å². The Morgan fingerprint density at radius 3 is 3.11 bits per heavy atom. The Morgan fingerprint density at radius 1 is 1.63 bits per heavy atom. The minimum atomic E-state index is -0.00364. The third-order valence-corrected chi connectivity index (χ3v) is 4.27. The second kappa shape index (κ2) is 6.38. The Hall–Kier alpha value is -1.08. The first-order chi connectivity index (χ1) is 9.13. The van der Waals surface area contributed by atoms with Crippen molar-refractivity contribution in [3.8, 4) is 0 Å². The molecule has 1 aliphatic rings. The fourth-order valence-corrected chi connectivity index (χ4v) is 3.18. The van der Waals surface area contributed by atoms with Gasteiger partial charge < -0.3 is 14.6 Å². The van der Waals surface area contributed by atoms with E-state index in [-0.39, 0.29) is 24.6 Å². The minimum Gasteiger partial charge on any atom is -0.394 e. The van der Waals surface area contributed by atoms with Gasteiger partial charge in [0.1, 0.15) is 6.33 Å². The van der Waals surface area contributed by atoms with E-state index in [1.54, 1.807) is 11.2 Å². The first-order valence-electron chi connectivity index (χ1n) is 6.56. The number of hydrogen-bond donors (Lipinski definition) is 1. The quantitative estimate of drug-likeness (QED) is 0.815. The van der Waals surface area contributed by atoms with Crippen LogP contribution >= 0.6 is 11.8 Å². The number of carbonyl (C=O) groups is 1. The van der Waals surface area contributed by atoms with Gasteiger partial charge in [0, 0.05) is 12.6 Å². The molecule has 1 N–H and O–H groups in total. The smallest absolute Gasteiger partial charge is 0.233 e. The Kier molecular flexibility index (Phi) is 4.81. The Balaban J connectivity index is 1.91. The molecule has 2 rings (SSSR count). The van der Waals surface area contributed by atoms with E-state index in [0.29, 0.717) is 5.75 Å². The number of aromatic nitrogens is 3. The van der Waals surface area contributed by atoms with E-state index in [4.69, 9.17) is 0 Å². The molecule has 1 saturated heterocycles. The van der Waals surface area contributed by atoms with Crippen molar-refractivity contribution in [2.45, 2.75) is 43.9 Å². The SMILES string of the molecule is CC(C)n1cnnc1SCC(=O)N1CCCC1CO. The third-order valence-electron chi connectivity index (χ3n) is 3.33. The van der Waals surface area contributed by atoms with Crippen LogP contribution in [0.25, 0.3) is 0 Å². The molecule has 0 bridgehead atoms. The van der Waals surface area contributed by atoms with Crippen molar-refractivity contribution in [2.75, 3.05) is 18.9 Å². The van der Waals surface area contributed by atoms with E-state index in [2.05, 4.69) is 24.0 Å². The van der Waals surface area contributed by atoms with Crippen molar-refractivity contribution in [1.82, 2.24) is 19.7 Å². The molecule has 7 heteroatoms. The lowest BCUT2D eigenvalue weighted by molar-refractivity contribution is -0.129. The molecule has 19 heavy (non-hydrogen) atoms. The molecule has 1 aromatic heterocycles. The summed E-state index contributed by atoms with van der Waals surface area (Å²) in [4.78, 5) is 13.9. The predicted molar refractivity (Wildman–Crippen MR) is 73.0 cm³/mol. The highest BCUT2D eigenvalue weighted by molar-refractivity contribution is 7.99. The molecule has 0 aliphatic carbocycles. The summed E-state index contributed by atoms with van der Waals surface area (Å²) in [6.45, 7) is 4.91. The number of nitrogens with zero attached hydrogens (tertiary/aromatic N) is 4. The van der Waals surface area contributed by atoms with Crippen LogP contribution in [0.1, 0.15) is 32.7 Å². The van der Waals surface area contributed by atoms with E-state index in [1.807, 2.05) is 4.57 Å². The van der Waals surface area contributed by atoms with E-state index in [1.165, 1.54) is 11.8 Å². The van der Waals surface area contributed by atoms with Gasteiger partial charge in [0.05, 0.1) is 18.4 Å². The molecule has 1 aromatic rings. The van der Waals surface area contributed by atoms with Gasteiger partial charge >= 0.3 is 0 Å². The molecule has 0 saturated carbocycles. The number of rotatable bonds is 5. The Labute approximate surface area is 117 Å². The van der Waals surface area contributed by atoms with Gasteiger partial charge in [-0.3, -0.25) is 4.79 Å². The van der Waals surface area contributed by atoms with Crippen molar-refractivity contribution in [2.24, 2.45) is 0 Å². The summed E-state index contributed by atoms with van der Waals surface area (Å²) in [6.07, 6.45) is 3.56. The summed E-state index contributed by atoms with van der Waals surface area (Å²) in [5.74, 6) is 0.418. The second-order valence-corrected chi connectivity index (χ2v) is 5.91. The lowest BCUT2D eigenvalue weighted by Crippen LogP contribution is -2.38. The van der Waals surface area contributed by atoms with Crippen LogP contribution in [-0.4, -0.2) is 55.6 Å². The highest BCUT2D eigenvalue weighted by Crippen LogP contribution is 2.22. The predicted octanol–water partition coefficient (Wildman–Crippen LogP) is 0.934. The van der Waals surface area contributed by atoms with Crippen LogP contribution in [0.4, 0.5) is 0 Å². The highest BCUT2D eigenvalue weighted by Gasteiger charge is 2.28. The molecule has 6 nitrogen and oxygen atoms in total. The van der Waals surface area contributed by atoms with Gasteiger partial charge in [-0.1, -0.05) is 11.8 Å². The zero-order valence-corrected chi connectivity index (χ0v) is 12.1. The summed E-state index contributed by atoms with van der Waals surface area (Å²) >= 11 is 1.41. The molecule has 1 fully saturated rings. The van der Waals surface area contributed by atoms with Gasteiger partial charge in [-0.2, -0.15) is 0 Å². The zero-order chi connectivity index (χ0) is 13.8. The van der Waals surface area contributed by atoms with Gasteiger partial charge in [0.25, 0.3) is 0 Å². The largest absolute Gasteiger partial charge is 0.394 e. The fraction of sp³-hybridized carbons (Fsp3) is 0.750. The summed E-state index contributed by atoms with van der Waals surface area (Å²) in [7, 11) is 0. The first kappa shape index (κ1) is 14.3. The number of amides is 1. The van der Waals surface area contributed by atoms with E-state index in [0.717, 1.165) is 24.5 Å². The number of aliphatic hydroxyl groups excluding tert-OH is 1. The maximum atomic E-state index is 12.1. The average Bonchev–Trinajstić information content (AvgIpc) is 3.04. The van der Waals surface area contributed by atoms with Crippen molar-refractivity contribution < 1.29 is 9.90 Å². The average molecular weight is 284 g/mol. The van der Waals surface area contributed by atoms with E-state index < -0.39 is 0 Å². The fourth-order valence-electron chi connectivity index (χ4n) is 2.25. The Bertz CT molecular complexity index is 435. The monoisotopic (exact) mass is 284 g/mol. The van der Waals surface area contributed by atoms with Crippen molar-refractivity contribution in [3.05, 3.63) is 6.33 Å². The van der Waals surface area contributed by atoms with E-state index >= 15 is 0 Å². The number of carbonyl (C=O) groups excluding carboxylic acids is 1. The lowest BCUT2D eigenvalue weighted by atomic mass is 10.2. The van der Waals surface area contributed by atoms with Crippen LogP contribution in [0.3, 0.4) is 0 Å². The molecule has 0 radical (unpaired) electrons. The molecule has 2 heterocycles. The molecule has 0 aromatic carbocycles. The van der Waals surface area contributed by atoms with Crippen LogP contribution in [0.5, 0.6) is 0 Å².